The molecule has 0 saturated carbocycles. The predicted octanol–water partition coefficient (Wildman–Crippen LogP) is 0.724. The van der Waals surface area contributed by atoms with Crippen molar-refractivity contribution in [1.29, 1.82) is 0 Å². The number of nitrogen functional groups attached to an aromatic ring is 1. The molecule has 0 bridgehead atoms. The van der Waals surface area contributed by atoms with Crippen LogP contribution in [0.2, 0.25) is 0 Å². The van der Waals surface area contributed by atoms with Crippen LogP contribution >= 0.6 is 0 Å². The minimum Gasteiger partial charge on any atom is -0.381 e. The minimum absolute atomic E-state index is 0.0527. The molecule has 1 aromatic heterocycles. The number of nitrogens with one attached hydrogen (secondary N) is 2. The summed E-state index contributed by atoms with van der Waals surface area (Å²) in [7, 11) is 0. The van der Waals surface area contributed by atoms with E-state index in [1.54, 1.807) is 0 Å². The van der Waals surface area contributed by atoms with Gasteiger partial charge in [-0.3, -0.25) is 10.1 Å². The van der Waals surface area contributed by atoms with Gasteiger partial charge in [0.1, 0.15) is 11.6 Å². The maximum atomic E-state index is 10.7. The number of hydrogen-bond acceptors (Lipinski definition) is 7. The van der Waals surface area contributed by atoms with E-state index in [4.69, 9.17) is 10.6 Å². The molecular weight excluding hydrogens is 238 g/mol. The van der Waals surface area contributed by atoms with Gasteiger partial charge in [-0.2, -0.15) is 0 Å². The summed E-state index contributed by atoms with van der Waals surface area (Å²) in [5.74, 6) is 6.33. The average molecular weight is 253 g/mol. The van der Waals surface area contributed by atoms with Gasteiger partial charge in [-0.25, -0.2) is 10.8 Å². The summed E-state index contributed by atoms with van der Waals surface area (Å²) in [6, 6.07) is 2.67. The molecule has 1 saturated heterocycles. The topological polar surface area (TPSA) is 115 Å². The van der Waals surface area contributed by atoms with Gasteiger partial charge >= 0.3 is 0 Å². The van der Waals surface area contributed by atoms with E-state index >= 15 is 0 Å². The molecule has 0 amide bonds. The Balaban J connectivity index is 2.05. The number of pyridine rings is 1. The number of aromatic nitrogens is 1. The van der Waals surface area contributed by atoms with Crippen molar-refractivity contribution in [3.8, 4) is 0 Å². The van der Waals surface area contributed by atoms with Gasteiger partial charge in [0.25, 0.3) is 5.69 Å². The van der Waals surface area contributed by atoms with E-state index in [9.17, 15) is 10.1 Å². The normalized spacial score (nSPS) is 18.6. The van der Waals surface area contributed by atoms with E-state index in [1.165, 1.54) is 12.1 Å². The van der Waals surface area contributed by atoms with E-state index < -0.39 is 4.92 Å². The molecule has 0 radical (unpaired) electrons. The van der Waals surface area contributed by atoms with Crippen molar-refractivity contribution in [2.75, 3.05) is 30.5 Å². The highest BCUT2D eigenvalue weighted by Crippen LogP contribution is 2.21. The highest BCUT2D eigenvalue weighted by molar-refractivity contribution is 5.54. The number of hydrazine groups is 1. The van der Waals surface area contributed by atoms with Gasteiger partial charge < -0.3 is 15.5 Å². The van der Waals surface area contributed by atoms with Gasteiger partial charge in [-0.15, -0.1) is 0 Å². The lowest BCUT2D eigenvalue weighted by Gasteiger charge is -2.10. The second-order valence-electron chi connectivity index (χ2n) is 4.11. The van der Waals surface area contributed by atoms with E-state index in [-0.39, 0.29) is 11.5 Å². The van der Waals surface area contributed by atoms with Crippen LogP contribution in [0.25, 0.3) is 0 Å². The first-order valence-electron chi connectivity index (χ1n) is 5.63. The quantitative estimate of drug-likeness (QED) is 0.402. The fourth-order valence-electron chi connectivity index (χ4n) is 1.78. The van der Waals surface area contributed by atoms with Crippen molar-refractivity contribution in [2.45, 2.75) is 6.42 Å². The second-order valence-corrected chi connectivity index (χ2v) is 4.11. The van der Waals surface area contributed by atoms with E-state index in [1.807, 2.05) is 0 Å². The first-order chi connectivity index (χ1) is 8.69. The summed E-state index contributed by atoms with van der Waals surface area (Å²) in [6.45, 7) is 2.16. The molecule has 8 heteroatoms. The predicted molar refractivity (Wildman–Crippen MR) is 66.1 cm³/mol. The van der Waals surface area contributed by atoms with Gasteiger partial charge in [0, 0.05) is 19.1 Å². The minimum atomic E-state index is -0.480. The van der Waals surface area contributed by atoms with Gasteiger partial charge in [0.15, 0.2) is 0 Å². The van der Waals surface area contributed by atoms with Crippen molar-refractivity contribution in [3.63, 3.8) is 0 Å². The van der Waals surface area contributed by atoms with Gasteiger partial charge in [0.2, 0.25) is 0 Å². The molecule has 1 aliphatic heterocycles. The molecule has 2 heterocycles. The summed E-state index contributed by atoms with van der Waals surface area (Å²) in [6.07, 6.45) is 0.990. The molecule has 98 valence electrons. The molecule has 8 nitrogen and oxygen atoms in total. The first kappa shape index (κ1) is 12.5. The third kappa shape index (κ3) is 3.05. The third-order valence-electron chi connectivity index (χ3n) is 2.76. The maximum absolute atomic E-state index is 10.7. The lowest BCUT2D eigenvalue weighted by atomic mass is 10.1. The van der Waals surface area contributed by atoms with Gasteiger partial charge in [0.05, 0.1) is 23.7 Å². The van der Waals surface area contributed by atoms with Crippen LogP contribution in [-0.2, 0) is 4.74 Å². The number of ether oxygens (including phenoxy) is 1. The Labute approximate surface area is 104 Å². The molecule has 18 heavy (non-hydrogen) atoms. The van der Waals surface area contributed by atoms with Crippen molar-refractivity contribution in [3.05, 3.63) is 22.2 Å². The van der Waals surface area contributed by atoms with Crippen LogP contribution in [-0.4, -0.2) is 29.7 Å². The zero-order valence-corrected chi connectivity index (χ0v) is 9.76. The number of hydrogen-bond donors (Lipinski definition) is 3. The van der Waals surface area contributed by atoms with Gasteiger partial charge in [-0.05, 0) is 6.42 Å². The lowest BCUT2D eigenvalue weighted by molar-refractivity contribution is -0.384. The van der Waals surface area contributed by atoms with Crippen LogP contribution in [0.5, 0.6) is 0 Å². The zero-order chi connectivity index (χ0) is 13.0. The fraction of sp³-hybridized carbons (Fsp3) is 0.500. The molecule has 1 atom stereocenters. The maximum Gasteiger partial charge on any atom is 0.276 e. The number of rotatable bonds is 5. The average Bonchev–Trinajstić information content (AvgIpc) is 2.89. The number of anilines is 2. The highest BCUT2D eigenvalue weighted by atomic mass is 16.6. The van der Waals surface area contributed by atoms with Crippen LogP contribution in [0.1, 0.15) is 6.42 Å². The van der Waals surface area contributed by atoms with Crippen LogP contribution in [0, 0.1) is 16.0 Å². The fourth-order valence-corrected chi connectivity index (χ4v) is 1.78. The Bertz CT molecular complexity index is 434. The Hall–Kier alpha value is -1.93. The second kappa shape index (κ2) is 5.61. The summed E-state index contributed by atoms with van der Waals surface area (Å²) < 4.78 is 5.25. The van der Waals surface area contributed by atoms with Crippen molar-refractivity contribution < 1.29 is 9.66 Å². The Morgan fingerprint density at radius 2 is 2.33 bits per heavy atom. The van der Waals surface area contributed by atoms with Crippen molar-refractivity contribution in [1.82, 2.24) is 4.98 Å². The third-order valence-corrected chi connectivity index (χ3v) is 2.76. The Kier molecular flexibility index (Phi) is 3.90. The standard InChI is InChI=1S/C10H15N5O3/c11-14-10-4-8(15(16)17)3-9(13-10)12-5-7-1-2-18-6-7/h3-4,7H,1-2,5-6,11H2,(H2,12,13,14). The smallest absolute Gasteiger partial charge is 0.276 e. The molecular formula is C10H15N5O3. The molecule has 1 fully saturated rings. The zero-order valence-electron chi connectivity index (χ0n) is 9.76. The molecule has 1 unspecified atom stereocenters. The van der Waals surface area contributed by atoms with Crippen molar-refractivity contribution in [2.24, 2.45) is 11.8 Å². The molecule has 0 aromatic carbocycles. The van der Waals surface area contributed by atoms with Gasteiger partial charge in [-0.1, -0.05) is 0 Å². The number of nitrogens with two attached hydrogens (primary N) is 1. The lowest BCUT2D eigenvalue weighted by Crippen LogP contribution is -2.16. The summed E-state index contributed by atoms with van der Waals surface area (Å²) in [5, 5.41) is 13.8. The van der Waals surface area contributed by atoms with E-state index in [2.05, 4.69) is 15.7 Å². The van der Waals surface area contributed by atoms with Crippen LogP contribution in [0.15, 0.2) is 12.1 Å². The summed E-state index contributed by atoms with van der Waals surface area (Å²) in [4.78, 5) is 14.4. The summed E-state index contributed by atoms with van der Waals surface area (Å²) in [5.41, 5.74) is 2.26. The molecule has 1 aliphatic rings. The van der Waals surface area contributed by atoms with E-state index in [0.29, 0.717) is 24.9 Å². The SMILES string of the molecule is NNc1cc([N+](=O)[O-])cc(NCC2CCOC2)n1. The molecule has 0 aliphatic carbocycles. The molecule has 2 rings (SSSR count). The Morgan fingerprint density at radius 1 is 1.56 bits per heavy atom. The van der Waals surface area contributed by atoms with Crippen LogP contribution < -0.4 is 16.6 Å². The van der Waals surface area contributed by atoms with E-state index in [0.717, 1.165) is 13.0 Å². The monoisotopic (exact) mass is 253 g/mol. The highest BCUT2D eigenvalue weighted by Gasteiger charge is 2.16. The first-order valence-corrected chi connectivity index (χ1v) is 5.63. The number of nitro groups is 1. The Morgan fingerprint density at radius 3 is 2.94 bits per heavy atom. The summed E-state index contributed by atoms with van der Waals surface area (Å²) >= 11 is 0. The van der Waals surface area contributed by atoms with Crippen molar-refractivity contribution >= 4 is 17.3 Å². The molecule has 4 N–H and O–H groups in total. The van der Waals surface area contributed by atoms with Crippen LogP contribution in [0.3, 0.4) is 0 Å². The largest absolute Gasteiger partial charge is 0.381 e. The molecule has 1 aromatic rings. The van der Waals surface area contributed by atoms with Crippen LogP contribution in [0.4, 0.5) is 17.3 Å². The number of nitrogens with zero attached hydrogens (tertiary/aromatic N) is 2. The molecule has 0 spiro atoms.